The van der Waals surface area contributed by atoms with Gasteiger partial charge in [-0.05, 0) is 64.2 Å². The second-order valence-electron chi connectivity index (χ2n) is 13.9. The number of hydrogen-bond donors (Lipinski definition) is 2. The largest absolute Gasteiger partial charge is 0.756 e. The van der Waals surface area contributed by atoms with Gasteiger partial charge in [0.25, 0.3) is 7.82 Å². The highest BCUT2D eigenvalue weighted by molar-refractivity contribution is 7.45. The molecule has 0 aliphatic carbocycles. The molecule has 0 aromatic carbocycles. The summed E-state index contributed by atoms with van der Waals surface area (Å²) in [7, 11) is 1.22. The molecule has 0 heterocycles. The molecule has 0 aromatic heterocycles. The monoisotopic (exact) mass is 697 g/mol. The van der Waals surface area contributed by atoms with E-state index in [2.05, 4.69) is 55.6 Å². The summed E-state index contributed by atoms with van der Waals surface area (Å²) in [6.07, 6.45) is 37.2. The van der Waals surface area contributed by atoms with Crippen LogP contribution in [-0.2, 0) is 18.4 Å². The van der Waals surface area contributed by atoms with Gasteiger partial charge >= 0.3 is 0 Å². The molecule has 0 saturated heterocycles. The molecule has 0 spiro atoms. The zero-order valence-electron chi connectivity index (χ0n) is 31.4. The average molecular weight is 697 g/mol. The van der Waals surface area contributed by atoms with Crippen molar-refractivity contribution in [2.24, 2.45) is 0 Å². The van der Waals surface area contributed by atoms with E-state index < -0.39 is 26.6 Å². The van der Waals surface area contributed by atoms with Gasteiger partial charge in [-0.2, -0.15) is 0 Å². The van der Waals surface area contributed by atoms with Crippen LogP contribution in [0.4, 0.5) is 0 Å². The molecule has 3 atom stereocenters. The number of quaternary nitrogens is 1. The van der Waals surface area contributed by atoms with Gasteiger partial charge < -0.3 is 28.8 Å². The quantitative estimate of drug-likeness (QED) is 0.0307. The number of aliphatic hydroxyl groups is 1. The van der Waals surface area contributed by atoms with E-state index in [1.165, 1.54) is 57.8 Å². The summed E-state index contributed by atoms with van der Waals surface area (Å²) in [5, 5.41) is 13.6. The highest BCUT2D eigenvalue weighted by Gasteiger charge is 2.23. The van der Waals surface area contributed by atoms with Crippen molar-refractivity contribution in [2.75, 3.05) is 40.9 Å². The molecule has 0 saturated carbocycles. The molecule has 0 aliphatic rings. The second kappa shape index (κ2) is 31.4. The summed E-state index contributed by atoms with van der Waals surface area (Å²) in [6.45, 7) is 4.52. The number of allylic oxidation sites excluding steroid dienone is 7. The molecule has 0 bridgehead atoms. The first-order valence-corrected chi connectivity index (χ1v) is 20.5. The highest BCUT2D eigenvalue weighted by Crippen LogP contribution is 2.38. The van der Waals surface area contributed by atoms with E-state index in [1.54, 1.807) is 6.08 Å². The van der Waals surface area contributed by atoms with E-state index in [1.807, 2.05) is 27.2 Å². The van der Waals surface area contributed by atoms with Crippen LogP contribution in [0.1, 0.15) is 142 Å². The van der Waals surface area contributed by atoms with Crippen molar-refractivity contribution in [3.05, 3.63) is 48.6 Å². The molecule has 0 fully saturated rings. The van der Waals surface area contributed by atoms with E-state index in [9.17, 15) is 19.4 Å². The minimum Gasteiger partial charge on any atom is -0.756 e. The molecular formula is C39H73N2O6P. The van der Waals surface area contributed by atoms with Crippen LogP contribution in [0, 0.1) is 0 Å². The third kappa shape index (κ3) is 33.0. The number of aliphatic hydroxyl groups excluding tert-OH is 1. The van der Waals surface area contributed by atoms with Crippen molar-refractivity contribution < 1.29 is 32.9 Å². The standard InChI is InChI=1S/C39H73N2O6P/c1-6-8-10-12-14-16-18-19-20-21-23-25-27-29-31-33-39(43)40-37(36-47-48(44,45)46-35-34-41(3,4)5)38(42)32-30-28-26-24-22-17-15-13-11-9-7-2/h14,16,19-20,22,24,30,32,37-38,42H,6-13,15,17-18,21,23,25-29,31,33-36H2,1-5H3,(H-,40,43,44,45)/b16-14+,20-19+,24-22+,32-30+/t37-,38+/m0/s1. The first kappa shape index (κ1) is 46.5. The predicted octanol–water partition coefficient (Wildman–Crippen LogP) is 9.11. The molecule has 280 valence electrons. The van der Waals surface area contributed by atoms with Gasteiger partial charge in [0.15, 0.2) is 0 Å². The number of hydrogen-bond acceptors (Lipinski definition) is 6. The lowest BCUT2D eigenvalue weighted by molar-refractivity contribution is -0.870. The summed E-state index contributed by atoms with van der Waals surface area (Å²) in [5.41, 5.74) is 0. The molecule has 48 heavy (non-hydrogen) atoms. The maximum absolute atomic E-state index is 12.8. The van der Waals surface area contributed by atoms with Gasteiger partial charge in [-0.1, -0.05) is 120 Å². The summed E-state index contributed by atoms with van der Waals surface area (Å²) >= 11 is 0. The fourth-order valence-electron chi connectivity index (χ4n) is 4.90. The Morgan fingerprint density at radius 2 is 1.23 bits per heavy atom. The number of likely N-dealkylation sites (N-methyl/N-ethyl adjacent to an activating group) is 1. The van der Waals surface area contributed by atoms with Gasteiger partial charge in [-0.15, -0.1) is 0 Å². The first-order chi connectivity index (χ1) is 23.0. The van der Waals surface area contributed by atoms with E-state index in [4.69, 9.17) is 9.05 Å². The number of rotatable bonds is 33. The zero-order valence-corrected chi connectivity index (χ0v) is 32.3. The van der Waals surface area contributed by atoms with Crippen molar-refractivity contribution in [2.45, 2.75) is 154 Å². The van der Waals surface area contributed by atoms with Crippen molar-refractivity contribution in [3.63, 3.8) is 0 Å². The maximum atomic E-state index is 12.8. The molecule has 0 radical (unpaired) electrons. The molecule has 0 aromatic rings. The van der Waals surface area contributed by atoms with Crippen LogP contribution >= 0.6 is 7.82 Å². The van der Waals surface area contributed by atoms with Gasteiger partial charge in [-0.3, -0.25) is 9.36 Å². The molecule has 8 nitrogen and oxygen atoms in total. The van der Waals surface area contributed by atoms with E-state index in [0.29, 0.717) is 17.4 Å². The number of phosphoric acid groups is 1. The highest BCUT2D eigenvalue weighted by atomic mass is 31.2. The van der Waals surface area contributed by atoms with Crippen molar-refractivity contribution in [1.82, 2.24) is 5.32 Å². The zero-order chi connectivity index (χ0) is 35.8. The van der Waals surface area contributed by atoms with Crippen LogP contribution in [0.25, 0.3) is 0 Å². The second-order valence-corrected chi connectivity index (χ2v) is 15.3. The third-order valence-corrected chi connectivity index (χ3v) is 8.98. The lowest BCUT2D eigenvalue weighted by Crippen LogP contribution is -2.45. The number of unbranched alkanes of at least 4 members (excludes halogenated alkanes) is 14. The molecule has 1 unspecified atom stereocenters. The minimum atomic E-state index is -4.59. The summed E-state index contributed by atoms with van der Waals surface area (Å²) < 4.78 is 23.0. The molecular weight excluding hydrogens is 623 g/mol. The predicted molar refractivity (Wildman–Crippen MR) is 201 cm³/mol. The number of phosphoric ester groups is 1. The number of amides is 1. The van der Waals surface area contributed by atoms with Gasteiger partial charge in [0.2, 0.25) is 5.91 Å². The van der Waals surface area contributed by atoms with Crippen LogP contribution in [-0.4, -0.2) is 68.5 Å². The van der Waals surface area contributed by atoms with Gasteiger partial charge in [0.05, 0.1) is 39.9 Å². The van der Waals surface area contributed by atoms with Gasteiger partial charge in [-0.25, -0.2) is 0 Å². The van der Waals surface area contributed by atoms with Crippen LogP contribution < -0.4 is 10.2 Å². The SMILES string of the molecule is CCCCC/C=C/C/C=C/CCCCCCCC(=O)N[C@@H](COP(=O)([O-])OCC[N+](C)(C)C)[C@H](O)/C=C/CC/C=C/CCCCCCC. The molecule has 9 heteroatoms. The maximum Gasteiger partial charge on any atom is 0.268 e. The summed E-state index contributed by atoms with van der Waals surface area (Å²) in [4.78, 5) is 25.1. The van der Waals surface area contributed by atoms with Crippen LogP contribution in [0.5, 0.6) is 0 Å². The first-order valence-electron chi connectivity index (χ1n) is 19.0. The Bertz CT molecular complexity index is 928. The molecule has 0 rings (SSSR count). The lowest BCUT2D eigenvalue weighted by atomic mass is 10.1. The number of carbonyl (C=O) groups excluding carboxylic acids is 1. The van der Waals surface area contributed by atoms with Crippen LogP contribution in [0.2, 0.25) is 0 Å². The minimum absolute atomic E-state index is 0.0111. The van der Waals surface area contributed by atoms with E-state index in [-0.39, 0.29) is 12.5 Å². The fraction of sp³-hybridized carbons (Fsp3) is 0.769. The van der Waals surface area contributed by atoms with Crippen molar-refractivity contribution in [3.8, 4) is 0 Å². The van der Waals surface area contributed by atoms with E-state index >= 15 is 0 Å². The molecule has 0 aliphatic heterocycles. The smallest absolute Gasteiger partial charge is 0.268 e. The lowest BCUT2D eigenvalue weighted by Gasteiger charge is -2.29. The van der Waals surface area contributed by atoms with Gasteiger partial charge in [0.1, 0.15) is 13.2 Å². The Balaban J connectivity index is 4.60. The average Bonchev–Trinajstić information content (AvgIpc) is 3.02. The fourth-order valence-corrected chi connectivity index (χ4v) is 5.62. The Morgan fingerprint density at radius 1 is 0.729 bits per heavy atom. The van der Waals surface area contributed by atoms with E-state index in [0.717, 1.165) is 64.2 Å². The molecule has 2 N–H and O–H groups in total. The Morgan fingerprint density at radius 3 is 1.85 bits per heavy atom. The Hall–Kier alpha value is -1.54. The summed E-state index contributed by atoms with van der Waals surface area (Å²) in [6, 6.07) is -0.908. The number of carbonyl (C=O) groups is 1. The summed E-state index contributed by atoms with van der Waals surface area (Å²) in [5.74, 6) is -0.227. The Kier molecular flexibility index (Phi) is 30.4. The van der Waals surface area contributed by atoms with Crippen molar-refractivity contribution >= 4 is 13.7 Å². The number of nitrogens with zero attached hydrogens (tertiary/aromatic N) is 1. The molecule has 1 amide bonds. The third-order valence-electron chi connectivity index (χ3n) is 8.01. The van der Waals surface area contributed by atoms with Crippen molar-refractivity contribution in [1.29, 1.82) is 0 Å². The Labute approximate surface area is 295 Å². The van der Waals surface area contributed by atoms with Crippen LogP contribution in [0.15, 0.2) is 48.6 Å². The number of nitrogens with one attached hydrogen (secondary N) is 1. The van der Waals surface area contributed by atoms with Gasteiger partial charge in [0, 0.05) is 6.42 Å². The normalized spacial score (nSPS) is 15.2. The topological polar surface area (TPSA) is 108 Å². The van der Waals surface area contributed by atoms with Crippen LogP contribution in [0.3, 0.4) is 0 Å².